The van der Waals surface area contributed by atoms with E-state index in [1.165, 1.54) is 32.6 Å². The Labute approximate surface area is 201 Å². The zero-order chi connectivity index (χ0) is 23.1. The van der Waals surface area contributed by atoms with E-state index < -0.39 is 0 Å². The molecule has 0 spiro atoms. The van der Waals surface area contributed by atoms with Gasteiger partial charge in [0.25, 0.3) is 0 Å². The molecule has 0 fully saturated rings. The molecule has 1 aliphatic heterocycles. The quantitative estimate of drug-likeness (QED) is 0.267. The van der Waals surface area contributed by atoms with E-state index in [0.717, 1.165) is 46.2 Å². The third kappa shape index (κ3) is 2.43. The summed E-state index contributed by atoms with van der Waals surface area (Å²) in [5, 5.41) is 5.08. The average molecular weight is 452 g/mol. The summed E-state index contributed by atoms with van der Waals surface area (Å²) in [6.45, 7) is 2.15. The first-order valence-corrected chi connectivity index (χ1v) is 12.1. The van der Waals surface area contributed by atoms with Crippen LogP contribution in [-0.4, -0.2) is 14.1 Å². The van der Waals surface area contributed by atoms with E-state index in [1.54, 1.807) is 0 Å². The molecule has 166 valence electrons. The van der Waals surface area contributed by atoms with Crippen molar-refractivity contribution in [2.24, 2.45) is 0 Å². The largest absolute Gasteiger partial charge is 0.453 e. The molecule has 4 nitrogen and oxygen atoms in total. The van der Waals surface area contributed by atoms with Gasteiger partial charge in [0.15, 0.2) is 11.5 Å². The summed E-state index contributed by atoms with van der Waals surface area (Å²) in [5.41, 5.74) is 6.56. The molecule has 0 N–H and O–H groups in total. The highest BCUT2D eigenvalue weighted by atomic mass is 16.5. The van der Waals surface area contributed by atoms with Crippen LogP contribution in [0.5, 0.6) is 11.5 Å². The average Bonchev–Trinajstić information content (AvgIpc) is 3.46. The van der Waals surface area contributed by atoms with Gasteiger partial charge in [0.05, 0.1) is 22.2 Å². The Kier molecular flexibility index (Phi) is 3.62. The molecule has 0 saturated heterocycles. The number of ether oxygens (including phenoxy) is 1. The first-order chi connectivity index (χ1) is 17.3. The van der Waals surface area contributed by atoms with Crippen molar-refractivity contribution in [1.29, 1.82) is 0 Å². The van der Waals surface area contributed by atoms with Crippen molar-refractivity contribution in [1.82, 2.24) is 14.1 Å². The SMILES string of the molecule is CCc1nc2cccc3c2n1-c1cc(-n2c4ccccc4c4c5ccccc5ccc42)ccc1O3. The highest BCUT2D eigenvalue weighted by Gasteiger charge is 2.24. The monoisotopic (exact) mass is 451 g/mol. The Hall–Kier alpha value is -4.57. The predicted octanol–water partition coefficient (Wildman–Crippen LogP) is 7.94. The third-order valence-electron chi connectivity index (χ3n) is 7.25. The number of benzene rings is 5. The maximum Gasteiger partial charge on any atom is 0.153 e. The van der Waals surface area contributed by atoms with Crippen LogP contribution >= 0.6 is 0 Å². The molecule has 8 rings (SSSR count). The molecule has 0 aliphatic carbocycles. The van der Waals surface area contributed by atoms with Crippen molar-refractivity contribution in [2.75, 3.05) is 0 Å². The van der Waals surface area contributed by atoms with E-state index in [9.17, 15) is 0 Å². The van der Waals surface area contributed by atoms with Crippen molar-refractivity contribution >= 4 is 43.6 Å². The first-order valence-electron chi connectivity index (χ1n) is 12.1. The molecule has 7 aromatic rings. The van der Waals surface area contributed by atoms with E-state index in [1.807, 2.05) is 12.1 Å². The van der Waals surface area contributed by atoms with Gasteiger partial charge >= 0.3 is 0 Å². The van der Waals surface area contributed by atoms with Gasteiger partial charge in [-0.3, -0.25) is 4.57 Å². The van der Waals surface area contributed by atoms with Crippen LogP contribution < -0.4 is 4.74 Å². The molecule has 3 heterocycles. The van der Waals surface area contributed by atoms with Crippen molar-refractivity contribution in [3.05, 3.63) is 103 Å². The van der Waals surface area contributed by atoms with E-state index in [0.29, 0.717) is 0 Å². The summed E-state index contributed by atoms with van der Waals surface area (Å²) in [4.78, 5) is 4.90. The smallest absolute Gasteiger partial charge is 0.153 e. The second-order valence-electron chi connectivity index (χ2n) is 9.13. The number of fused-ring (bicyclic) bond motifs is 7. The maximum absolute atomic E-state index is 6.34. The zero-order valence-corrected chi connectivity index (χ0v) is 19.2. The van der Waals surface area contributed by atoms with Gasteiger partial charge in [-0.2, -0.15) is 0 Å². The zero-order valence-electron chi connectivity index (χ0n) is 19.2. The van der Waals surface area contributed by atoms with Gasteiger partial charge in [-0.1, -0.05) is 61.5 Å². The lowest BCUT2D eigenvalue weighted by molar-refractivity contribution is 0.474. The molecule has 0 bridgehead atoms. The molecule has 1 aliphatic rings. The number of rotatable bonds is 2. The lowest BCUT2D eigenvalue weighted by atomic mass is 10.0. The molecule has 35 heavy (non-hydrogen) atoms. The fraction of sp³-hybridized carbons (Fsp3) is 0.0645. The summed E-state index contributed by atoms with van der Waals surface area (Å²) in [6, 6.07) is 34.4. The van der Waals surface area contributed by atoms with Crippen LogP contribution in [0.25, 0.3) is 55.0 Å². The standard InChI is InChI=1S/C31H21N3O/c1-2-29-32-23-11-7-13-28-31(23)34(29)26-18-20(15-17-27(26)35-28)33-24-12-6-5-10-22(24)30-21-9-4-3-8-19(21)14-16-25(30)33/h3-18H,2H2,1H3. The third-order valence-corrected chi connectivity index (χ3v) is 7.25. The van der Waals surface area contributed by atoms with Crippen molar-refractivity contribution in [2.45, 2.75) is 13.3 Å². The number of hydrogen-bond acceptors (Lipinski definition) is 2. The van der Waals surface area contributed by atoms with Crippen LogP contribution in [0.4, 0.5) is 0 Å². The molecule has 4 heteroatoms. The van der Waals surface area contributed by atoms with Crippen molar-refractivity contribution in [3.63, 3.8) is 0 Å². The molecule has 5 aromatic carbocycles. The summed E-state index contributed by atoms with van der Waals surface area (Å²) in [5.74, 6) is 2.76. The van der Waals surface area contributed by atoms with E-state index >= 15 is 0 Å². The van der Waals surface area contributed by atoms with Gasteiger partial charge in [0.1, 0.15) is 11.3 Å². The number of aryl methyl sites for hydroxylation is 1. The lowest BCUT2D eigenvalue weighted by Gasteiger charge is -2.22. The Morgan fingerprint density at radius 2 is 1.57 bits per heavy atom. The highest BCUT2D eigenvalue weighted by Crippen LogP contribution is 2.43. The van der Waals surface area contributed by atoms with Crippen LogP contribution in [0, 0.1) is 0 Å². The molecule has 0 amide bonds. The minimum Gasteiger partial charge on any atom is -0.453 e. The topological polar surface area (TPSA) is 32.0 Å². The number of hydrogen-bond donors (Lipinski definition) is 0. The summed E-state index contributed by atoms with van der Waals surface area (Å²) in [6.07, 6.45) is 0.846. The van der Waals surface area contributed by atoms with E-state index in [4.69, 9.17) is 9.72 Å². The Morgan fingerprint density at radius 3 is 2.49 bits per heavy atom. The molecule has 2 aromatic heterocycles. The Morgan fingerprint density at radius 1 is 0.714 bits per heavy atom. The van der Waals surface area contributed by atoms with Crippen LogP contribution in [-0.2, 0) is 6.42 Å². The van der Waals surface area contributed by atoms with Gasteiger partial charge < -0.3 is 9.30 Å². The molecular weight excluding hydrogens is 430 g/mol. The number of nitrogens with zero attached hydrogens (tertiary/aromatic N) is 3. The van der Waals surface area contributed by atoms with Gasteiger partial charge in [0, 0.05) is 22.9 Å². The summed E-state index contributed by atoms with van der Waals surface area (Å²) in [7, 11) is 0. The minimum absolute atomic E-state index is 0.846. The second-order valence-corrected chi connectivity index (χ2v) is 9.13. The van der Waals surface area contributed by atoms with Crippen molar-refractivity contribution in [3.8, 4) is 22.9 Å². The molecule has 0 unspecified atom stereocenters. The second kappa shape index (κ2) is 6.73. The van der Waals surface area contributed by atoms with Crippen LogP contribution in [0.3, 0.4) is 0 Å². The highest BCUT2D eigenvalue weighted by molar-refractivity contribution is 6.21. The van der Waals surface area contributed by atoms with Crippen LogP contribution in [0.1, 0.15) is 12.7 Å². The number of imidazole rings is 1. The van der Waals surface area contributed by atoms with Crippen LogP contribution in [0.15, 0.2) is 97.1 Å². The Bertz CT molecular complexity index is 1980. The van der Waals surface area contributed by atoms with Gasteiger partial charge in [-0.05, 0) is 53.2 Å². The summed E-state index contributed by atoms with van der Waals surface area (Å²) < 4.78 is 11.0. The van der Waals surface area contributed by atoms with Crippen molar-refractivity contribution < 1.29 is 4.74 Å². The Balaban J connectivity index is 1.47. The number of aromatic nitrogens is 3. The first kappa shape index (κ1) is 18.8. The fourth-order valence-electron chi connectivity index (χ4n) is 5.76. The molecule has 0 saturated carbocycles. The number of para-hydroxylation sites is 2. The predicted molar refractivity (Wildman–Crippen MR) is 142 cm³/mol. The van der Waals surface area contributed by atoms with Gasteiger partial charge in [-0.25, -0.2) is 4.98 Å². The van der Waals surface area contributed by atoms with E-state index in [-0.39, 0.29) is 0 Å². The van der Waals surface area contributed by atoms with Gasteiger partial charge in [-0.15, -0.1) is 0 Å². The molecule has 0 atom stereocenters. The minimum atomic E-state index is 0.846. The maximum atomic E-state index is 6.34. The lowest BCUT2D eigenvalue weighted by Crippen LogP contribution is -2.08. The molecule has 0 radical (unpaired) electrons. The van der Waals surface area contributed by atoms with E-state index in [2.05, 4.69) is 101 Å². The summed E-state index contributed by atoms with van der Waals surface area (Å²) >= 11 is 0. The van der Waals surface area contributed by atoms with Gasteiger partial charge in [0.2, 0.25) is 0 Å². The molecular formula is C31H21N3O. The fourth-order valence-corrected chi connectivity index (χ4v) is 5.76. The normalized spacial score (nSPS) is 12.5. The van der Waals surface area contributed by atoms with Crippen LogP contribution in [0.2, 0.25) is 0 Å².